The van der Waals surface area contributed by atoms with Crippen LogP contribution in [0.3, 0.4) is 0 Å². The highest BCUT2D eigenvalue weighted by molar-refractivity contribution is 7.99. The number of imidazole rings is 1. The molecular weight excluding hydrogens is 559 g/mol. The second-order valence-electron chi connectivity index (χ2n) is 8.65. The standard InChI is InChI=1S/C26H29N5O5S3/c1-3-4-15-27-38(33,34)21-13-14-23-24(17-21)30-26(29-23)37-18-25(32)28-19-9-8-12-22(16-19)39(35,36)31(2)20-10-6-5-7-11-20/h5-14,16-17,27H,3-4,15,18H2,1-2H3,(H,28,32)(H,29,30). The molecule has 0 bridgehead atoms. The molecule has 0 spiro atoms. The van der Waals surface area contributed by atoms with Crippen LogP contribution in [0.25, 0.3) is 11.0 Å². The summed E-state index contributed by atoms with van der Waals surface area (Å²) >= 11 is 1.15. The van der Waals surface area contributed by atoms with Gasteiger partial charge in [-0.15, -0.1) is 0 Å². The fourth-order valence-electron chi connectivity index (χ4n) is 3.67. The molecule has 1 amide bonds. The molecular formula is C26H29N5O5S3. The number of sulfonamides is 2. The van der Waals surface area contributed by atoms with E-state index in [4.69, 9.17) is 0 Å². The molecule has 4 rings (SSSR count). The molecule has 0 fully saturated rings. The number of H-pyrrole nitrogens is 1. The summed E-state index contributed by atoms with van der Waals surface area (Å²) in [7, 11) is -5.98. The molecule has 0 atom stereocenters. The predicted octanol–water partition coefficient (Wildman–Crippen LogP) is 4.20. The number of carbonyl (C=O) groups is 1. The van der Waals surface area contributed by atoms with Gasteiger partial charge in [0.15, 0.2) is 5.16 Å². The largest absolute Gasteiger partial charge is 0.333 e. The number of benzene rings is 3. The topological polar surface area (TPSA) is 141 Å². The predicted molar refractivity (Wildman–Crippen MR) is 154 cm³/mol. The van der Waals surface area contributed by atoms with E-state index in [1.54, 1.807) is 48.5 Å². The fraction of sp³-hybridized carbons (Fsp3) is 0.231. The lowest BCUT2D eigenvalue weighted by Crippen LogP contribution is -2.26. The van der Waals surface area contributed by atoms with Crippen LogP contribution in [0, 0.1) is 0 Å². The number of thioether (sulfide) groups is 1. The Morgan fingerprint density at radius 2 is 1.74 bits per heavy atom. The van der Waals surface area contributed by atoms with Crippen LogP contribution >= 0.6 is 11.8 Å². The van der Waals surface area contributed by atoms with Crippen molar-refractivity contribution >= 4 is 60.1 Å². The summed E-state index contributed by atoms with van der Waals surface area (Å²) in [5, 5.41) is 3.17. The molecule has 0 radical (unpaired) electrons. The van der Waals surface area contributed by atoms with Crippen molar-refractivity contribution in [2.24, 2.45) is 0 Å². The van der Waals surface area contributed by atoms with Crippen LogP contribution in [0.2, 0.25) is 0 Å². The number of nitrogens with zero attached hydrogens (tertiary/aromatic N) is 2. The van der Waals surface area contributed by atoms with Crippen LogP contribution in [0.1, 0.15) is 19.8 Å². The van der Waals surface area contributed by atoms with Gasteiger partial charge in [-0.1, -0.05) is 49.4 Å². The average Bonchev–Trinajstić information content (AvgIpc) is 3.34. The second kappa shape index (κ2) is 12.2. The number of amides is 1. The number of aromatic amines is 1. The van der Waals surface area contributed by atoms with Gasteiger partial charge < -0.3 is 10.3 Å². The van der Waals surface area contributed by atoms with Crippen LogP contribution < -0.4 is 14.3 Å². The Hall–Kier alpha value is -3.39. The summed E-state index contributed by atoms with van der Waals surface area (Å²) in [5.41, 5.74) is 1.98. The number of hydrogen-bond acceptors (Lipinski definition) is 7. The summed E-state index contributed by atoms with van der Waals surface area (Å²) in [5.74, 6) is -0.348. The van der Waals surface area contributed by atoms with Gasteiger partial charge in [-0.3, -0.25) is 9.10 Å². The minimum absolute atomic E-state index is 0.00441. The Morgan fingerprint density at radius 1 is 0.974 bits per heavy atom. The number of rotatable bonds is 12. The molecule has 0 unspecified atom stereocenters. The lowest BCUT2D eigenvalue weighted by molar-refractivity contribution is -0.113. The molecule has 10 nitrogen and oxygen atoms in total. The van der Waals surface area contributed by atoms with Crippen molar-refractivity contribution in [1.29, 1.82) is 0 Å². The Bertz CT molecular complexity index is 1670. The molecule has 1 heterocycles. The molecule has 0 aliphatic carbocycles. The summed E-state index contributed by atoms with van der Waals surface area (Å²) in [6, 6.07) is 19.4. The van der Waals surface area contributed by atoms with Crippen molar-refractivity contribution in [3.05, 3.63) is 72.8 Å². The molecule has 13 heteroatoms. The average molecular weight is 588 g/mol. The molecule has 0 aliphatic heterocycles. The molecule has 3 aromatic carbocycles. The Morgan fingerprint density at radius 3 is 2.49 bits per heavy atom. The number of unbranched alkanes of at least 4 members (excludes halogenated alkanes) is 1. The Kier molecular flexibility index (Phi) is 8.95. The SMILES string of the molecule is CCCCNS(=O)(=O)c1ccc2nc(SCC(=O)Nc3cccc(S(=O)(=O)N(C)c4ccccc4)c3)[nH]c2c1. The number of fused-ring (bicyclic) bond motifs is 1. The van der Waals surface area contributed by atoms with E-state index in [1.807, 2.05) is 6.92 Å². The van der Waals surface area contributed by atoms with Crippen LogP contribution in [0.15, 0.2) is 87.7 Å². The van der Waals surface area contributed by atoms with Gasteiger partial charge in [0.1, 0.15) is 0 Å². The summed E-state index contributed by atoms with van der Waals surface area (Å²) in [6.07, 6.45) is 1.63. The maximum Gasteiger partial charge on any atom is 0.264 e. The molecule has 39 heavy (non-hydrogen) atoms. The van der Waals surface area contributed by atoms with Crippen LogP contribution in [0.5, 0.6) is 0 Å². The number of aromatic nitrogens is 2. The van der Waals surface area contributed by atoms with Crippen molar-refractivity contribution in [3.8, 4) is 0 Å². The third-order valence-corrected chi connectivity index (χ3v) is 9.91. The maximum absolute atomic E-state index is 13.1. The van der Waals surface area contributed by atoms with Crippen molar-refractivity contribution in [2.45, 2.75) is 34.7 Å². The zero-order valence-electron chi connectivity index (χ0n) is 21.4. The minimum atomic E-state index is -3.83. The maximum atomic E-state index is 13.1. The fourth-order valence-corrected chi connectivity index (χ4v) is 6.69. The Labute approximate surface area is 232 Å². The van der Waals surface area contributed by atoms with Crippen molar-refractivity contribution in [3.63, 3.8) is 0 Å². The van der Waals surface area contributed by atoms with Crippen molar-refractivity contribution in [2.75, 3.05) is 29.0 Å². The van der Waals surface area contributed by atoms with Gasteiger partial charge in [-0.05, 0) is 55.0 Å². The van der Waals surface area contributed by atoms with Crippen LogP contribution in [0.4, 0.5) is 11.4 Å². The lowest BCUT2D eigenvalue weighted by Gasteiger charge is -2.19. The van der Waals surface area contributed by atoms with E-state index < -0.39 is 20.0 Å². The summed E-state index contributed by atoms with van der Waals surface area (Å²) in [6.45, 7) is 2.35. The van der Waals surface area contributed by atoms with Crippen molar-refractivity contribution in [1.82, 2.24) is 14.7 Å². The van der Waals surface area contributed by atoms with E-state index in [-0.39, 0.29) is 21.5 Å². The van der Waals surface area contributed by atoms with Gasteiger partial charge in [-0.2, -0.15) is 0 Å². The Balaban J connectivity index is 1.40. The summed E-state index contributed by atoms with van der Waals surface area (Å²) in [4.78, 5) is 20.2. The number of anilines is 2. The highest BCUT2D eigenvalue weighted by Gasteiger charge is 2.22. The first-order valence-corrected chi connectivity index (χ1v) is 16.1. The van der Waals surface area contributed by atoms with E-state index in [9.17, 15) is 21.6 Å². The van der Waals surface area contributed by atoms with Gasteiger partial charge in [0, 0.05) is 19.3 Å². The van der Waals surface area contributed by atoms with Crippen LogP contribution in [-0.2, 0) is 24.8 Å². The first kappa shape index (κ1) is 28.6. The quantitative estimate of drug-likeness (QED) is 0.167. The second-order valence-corrected chi connectivity index (χ2v) is 13.3. The van der Waals surface area contributed by atoms with Gasteiger partial charge >= 0.3 is 0 Å². The van der Waals surface area contributed by atoms with E-state index >= 15 is 0 Å². The zero-order chi connectivity index (χ0) is 28.0. The molecule has 206 valence electrons. The smallest absolute Gasteiger partial charge is 0.264 e. The minimum Gasteiger partial charge on any atom is -0.333 e. The van der Waals surface area contributed by atoms with E-state index in [0.717, 1.165) is 24.6 Å². The first-order chi connectivity index (χ1) is 18.6. The number of nitrogens with one attached hydrogen (secondary N) is 3. The molecule has 0 saturated carbocycles. The zero-order valence-corrected chi connectivity index (χ0v) is 23.9. The lowest BCUT2D eigenvalue weighted by atomic mass is 10.3. The highest BCUT2D eigenvalue weighted by Crippen LogP contribution is 2.25. The van der Waals surface area contributed by atoms with Gasteiger partial charge in [-0.25, -0.2) is 26.5 Å². The summed E-state index contributed by atoms with van der Waals surface area (Å²) < 4.78 is 54.9. The first-order valence-electron chi connectivity index (χ1n) is 12.2. The highest BCUT2D eigenvalue weighted by atomic mass is 32.2. The van der Waals surface area contributed by atoms with Gasteiger partial charge in [0.25, 0.3) is 10.0 Å². The number of carbonyl (C=O) groups excluding carboxylic acids is 1. The third kappa shape index (κ3) is 6.98. The van der Waals surface area contributed by atoms with E-state index in [0.29, 0.717) is 34.1 Å². The molecule has 1 aromatic heterocycles. The van der Waals surface area contributed by atoms with Gasteiger partial charge in [0.05, 0.1) is 32.3 Å². The third-order valence-electron chi connectivity index (χ3n) is 5.80. The normalized spacial score (nSPS) is 11.9. The molecule has 4 aromatic rings. The molecule has 3 N–H and O–H groups in total. The number of hydrogen-bond donors (Lipinski definition) is 3. The molecule has 0 saturated heterocycles. The molecule has 0 aliphatic rings. The van der Waals surface area contributed by atoms with Crippen LogP contribution in [-0.4, -0.2) is 52.1 Å². The van der Waals surface area contributed by atoms with Gasteiger partial charge in [0.2, 0.25) is 15.9 Å². The number of para-hydroxylation sites is 1. The monoisotopic (exact) mass is 587 g/mol. The van der Waals surface area contributed by atoms with Crippen molar-refractivity contribution < 1.29 is 21.6 Å². The van der Waals surface area contributed by atoms with E-state index in [1.165, 1.54) is 35.6 Å². The van der Waals surface area contributed by atoms with E-state index in [2.05, 4.69) is 20.0 Å².